The zero-order chi connectivity index (χ0) is 11.2. The topological polar surface area (TPSA) is 32.7 Å². The molecule has 0 spiro atoms. The Balaban J connectivity index is 1.80. The Hall–Kier alpha value is -0.380. The van der Waals surface area contributed by atoms with E-state index in [9.17, 15) is 0 Å². The van der Waals surface area contributed by atoms with Crippen molar-refractivity contribution in [1.82, 2.24) is 4.90 Å². The van der Waals surface area contributed by atoms with Gasteiger partial charge in [-0.25, -0.2) is 0 Å². The summed E-state index contributed by atoms with van der Waals surface area (Å²) in [5.41, 5.74) is 1.45. The molecule has 0 saturated carbocycles. The van der Waals surface area contributed by atoms with Gasteiger partial charge in [0, 0.05) is 19.2 Å². The average molecular weight is 225 g/mol. The van der Waals surface area contributed by atoms with Crippen LogP contribution in [0, 0.1) is 0 Å². The number of aliphatic hydroxyl groups is 1. The van der Waals surface area contributed by atoms with Crippen LogP contribution in [0.5, 0.6) is 0 Å². The van der Waals surface area contributed by atoms with Crippen molar-refractivity contribution in [3.63, 3.8) is 0 Å². The Morgan fingerprint density at radius 2 is 2.44 bits per heavy atom. The Kier molecular flexibility index (Phi) is 4.82. The van der Waals surface area contributed by atoms with Crippen LogP contribution >= 0.6 is 0 Å². The van der Waals surface area contributed by atoms with E-state index in [1.54, 1.807) is 0 Å². The zero-order valence-corrected chi connectivity index (χ0v) is 10.0. The van der Waals surface area contributed by atoms with Gasteiger partial charge in [0.2, 0.25) is 0 Å². The monoisotopic (exact) mass is 225 g/mol. The van der Waals surface area contributed by atoms with Crippen molar-refractivity contribution in [2.75, 3.05) is 32.9 Å². The average Bonchev–Trinajstić information content (AvgIpc) is 2.75. The lowest BCUT2D eigenvalue weighted by Crippen LogP contribution is -2.32. The lowest BCUT2D eigenvalue weighted by molar-refractivity contribution is 0.139. The van der Waals surface area contributed by atoms with E-state index >= 15 is 0 Å². The van der Waals surface area contributed by atoms with Gasteiger partial charge < -0.3 is 9.84 Å². The summed E-state index contributed by atoms with van der Waals surface area (Å²) in [6.45, 7) is 4.33. The van der Waals surface area contributed by atoms with E-state index in [4.69, 9.17) is 9.84 Å². The molecule has 16 heavy (non-hydrogen) atoms. The van der Waals surface area contributed by atoms with Crippen LogP contribution in [0.15, 0.2) is 11.6 Å². The van der Waals surface area contributed by atoms with Crippen molar-refractivity contribution in [3.05, 3.63) is 11.6 Å². The standard InChI is InChI=1S/C13H23NO2/c15-8-2-6-13-5-1-7-14(13)10-12-4-3-9-16-11-12/h4,13,15H,1-3,5-11H2. The van der Waals surface area contributed by atoms with Crippen LogP contribution in [-0.2, 0) is 4.74 Å². The second-order valence-corrected chi connectivity index (χ2v) is 4.84. The molecule has 92 valence electrons. The van der Waals surface area contributed by atoms with Crippen molar-refractivity contribution in [2.45, 2.75) is 38.1 Å². The highest BCUT2D eigenvalue weighted by Gasteiger charge is 2.24. The first-order valence-electron chi connectivity index (χ1n) is 6.50. The molecule has 0 aromatic rings. The molecule has 1 fully saturated rings. The molecule has 1 N–H and O–H groups in total. The lowest BCUT2D eigenvalue weighted by atomic mass is 10.1. The fraction of sp³-hybridized carbons (Fsp3) is 0.846. The number of hydrogen-bond donors (Lipinski definition) is 1. The Labute approximate surface area is 98.1 Å². The zero-order valence-electron chi connectivity index (χ0n) is 10.0. The van der Waals surface area contributed by atoms with Crippen molar-refractivity contribution >= 4 is 0 Å². The molecule has 2 aliphatic heterocycles. The number of nitrogens with zero attached hydrogens (tertiary/aromatic N) is 1. The maximum atomic E-state index is 8.88. The molecule has 1 unspecified atom stereocenters. The van der Waals surface area contributed by atoms with E-state index < -0.39 is 0 Å². The maximum Gasteiger partial charge on any atom is 0.0689 e. The second-order valence-electron chi connectivity index (χ2n) is 4.84. The molecule has 1 atom stereocenters. The number of ether oxygens (including phenoxy) is 1. The maximum absolute atomic E-state index is 8.88. The lowest BCUT2D eigenvalue weighted by Gasteiger charge is -2.26. The van der Waals surface area contributed by atoms with Gasteiger partial charge in [0.05, 0.1) is 13.2 Å². The third-order valence-corrected chi connectivity index (χ3v) is 3.58. The fourth-order valence-corrected chi connectivity index (χ4v) is 2.74. The molecule has 0 aromatic carbocycles. The molecule has 0 radical (unpaired) electrons. The van der Waals surface area contributed by atoms with Gasteiger partial charge in [0.15, 0.2) is 0 Å². The molecule has 0 aromatic heterocycles. The first-order valence-corrected chi connectivity index (χ1v) is 6.50. The molecule has 2 heterocycles. The number of rotatable bonds is 5. The van der Waals surface area contributed by atoms with Crippen LogP contribution in [0.2, 0.25) is 0 Å². The van der Waals surface area contributed by atoms with Crippen LogP contribution in [0.1, 0.15) is 32.1 Å². The third-order valence-electron chi connectivity index (χ3n) is 3.58. The summed E-state index contributed by atoms with van der Waals surface area (Å²) in [4.78, 5) is 2.57. The molecule has 0 bridgehead atoms. The minimum absolute atomic E-state index is 0.330. The number of aliphatic hydroxyl groups excluding tert-OH is 1. The first kappa shape index (κ1) is 12.1. The van der Waals surface area contributed by atoms with Crippen LogP contribution in [-0.4, -0.2) is 49.0 Å². The highest BCUT2D eigenvalue weighted by atomic mass is 16.5. The molecule has 0 amide bonds. The molecular formula is C13H23NO2. The van der Waals surface area contributed by atoms with Gasteiger partial charge in [0.25, 0.3) is 0 Å². The quantitative estimate of drug-likeness (QED) is 0.721. The van der Waals surface area contributed by atoms with Gasteiger partial charge in [-0.2, -0.15) is 0 Å². The van der Waals surface area contributed by atoms with Crippen molar-refractivity contribution < 1.29 is 9.84 Å². The molecule has 1 saturated heterocycles. The summed E-state index contributed by atoms with van der Waals surface area (Å²) in [5.74, 6) is 0. The number of likely N-dealkylation sites (tertiary alicyclic amines) is 1. The second kappa shape index (κ2) is 6.38. The number of hydrogen-bond acceptors (Lipinski definition) is 3. The molecule has 0 aliphatic carbocycles. The molecular weight excluding hydrogens is 202 g/mol. The summed E-state index contributed by atoms with van der Waals surface area (Å²) in [6.07, 6.45) is 8.11. The third kappa shape index (κ3) is 3.30. The van der Waals surface area contributed by atoms with E-state index in [0.717, 1.165) is 39.0 Å². The predicted molar refractivity (Wildman–Crippen MR) is 64.4 cm³/mol. The first-order chi connectivity index (χ1) is 7.90. The summed E-state index contributed by atoms with van der Waals surface area (Å²) < 4.78 is 5.47. The summed E-state index contributed by atoms with van der Waals surface area (Å²) in [6, 6.07) is 0.690. The van der Waals surface area contributed by atoms with E-state index in [-0.39, 0.29) is 0 Å². The van der Waals surface area contributed by atoms with Crippen LogP contribution in [0.3, 0.4) is 0 Å². The van der Waals surface area contributed by atoms with Crippen LogP contribution < -0.4 is 0 Å². The van der Waals surface area contributed by atoms with Gasteiger partial charge in [-0.3, -0.25) is 4.90 Å². The van der Waals surface area contributed by atoms with Gasteiger partial charge in [0.1, 0.15) is 0 Å². The van der Waals surface area contributed by atoms with E-state index in [2.05, 4.69) is 11.0 Å². The highest BCUT2D eigenvalue weighted by molar-refractivity contribution is 5.08. The summed E-state index contributed by atoms with van der Waals surface area (Å²) in [7, 11) is 0. The summed E-state index contributed by atoms with van der Waals surface area (Å²) in [5, 5.41) is 8.88. The normalized spacial score (nSPS) is 27.1. The minimum atomic E-state index is 0.330. The largest absolute Gasteiger partial charge is 0.396 e. The van der Waals surface area contributed by atoms with Crippen LogP contribution in [0.4, 0.5) is 0 Å². The summed E-state index contributed by atoms with van der Waals surface area (Å²) >= 11 is 0. The molecule has 2 rings (SSSR count). The Bertz CT molecular complexity index is 240. The van der Waals surface area contributed by atoms with Gasteiger partial charge in [-0.05, 0) is 44.2 Å². The molecule has 3 heteroatoms. The predicted octanol–water partition coefficient (Wildman–Crippen LogP) is 1.57. The Morgan fingerprint density at radius 3 is 3.19 bits per heavy atom. The van der Waals surface area contributed by atoms with Gasteiger partial charge in [-0.15, -0.1) is 0 Å². The van der Waals surface area contributed by atoms with Gasteiger partial charge in [-0.1, -0.05) is 6.08 Å². The van der Waals surface area contributed by atoms with Crippen molar-refractivity contribution in [1.29, 1.82) is 0 Å². The van der Waals surface area contributed by atoms with Gasteiger partial charge >= 0.3 is 0 Å². The smallest absolute Gasteiger partial charge is 0.0689 e. The molecule has 2 aliphatic rings. The fourth-order valence-electron chi connectivity index (χ4n) is 2.74. The van der Waals surface area contributed by atoms with Crippen molar-refractivity contribution in [2.24, 2.45) is 0 Å². The Morgan fingerprint density at radius 1 is 1.50 bits per heavy atom. The van der Waals surface area contributed by atoms with E-state index in [1.807, 2.05) is 0 Å². The SMILES string of the molecule is OCCCC1CCCN1CC1=CCCOC1. The van der Waals surface area contributed by atoms with Crippen LogP contribution in [0.25, 0.3) is 0 Å². The minimum Gasteiger partial charge on any atom is -0.396 e. The van der Waals surface area contributed by atoms with E-state index in [0.29, 0.717) is 12.6 Å². The van der Waals surface area contributed by atoms with Crippen molar-refractivity contribution in [3.8, 4) is 0 Å². The molecule has 3 nitrogen and oxygen atoms in total. The highest BCUT2D eigenvalue weighted by Crippen LogP contribution is 2.23. The van der Waals surface area contributed by atoms with E-state index in [1.165, 1.54) is 25.0 Å².